The zero-order valence-corrected chi connectivity index (χ0v) is 11.8. The number of nitro benzene ring substituents is 1. The highest BCUT2D eigenvalue weighted by molar-refractivity contribution is 7.15. The minimum absolute atomic E-state index is 0.0971. The number of para-hydroxylation sites is 1. The molecule has 1 aromatic heterocycles. The van der Waals surface area contributed by atoms with Gasteiger partial charge in [0.15, 0.2) is 0 Å². The Morgan fingerprint density at radius 2 is 2.11 bits per heavy atom. The normalized spacial score (nSPS) is 12.4. The van der Waals surface area contributed by atoms with E-state index >= 15 is 0 Å². The lowest BCUT2D eigenvalue weighted by atomic mass is 10.2. The van der Waals surface area contributed by atoms with Crippen molar-refractivity contribution in [2.75, 3.05) is 7.05 Å². The zero-order chi connectivity index (χ0) is 14.0. The van der Waals surface area contributed by atoms with E-state index in [1.54, 1.807) is 18.2 Å². The molecule has 0 bridgehead atoms. The van der Waals surface area contributed by atoms with Crippen LogP contribution in [0.1, 0.15) is 23.5 Å². The van der Waals surface area contributed by atoms with Gasteiger partial charge >= 0.3 is 0 Å². The summed E-state index contributed by atoms with van der Waals surface area (Å²) in [6.07, 6.45) is 0. The van der Waals surface area contributed by atoms with Crippen molar-refractivity contribution < 1.29 is 4.92 Å². The average Bonchev–Trinajstić information content (AvgIpc) is 2.79. The van der Waals surface area contributed by atoms with Gasteiger partial charge in [-0.05, 0) is 27.0 Å². The summed E-state index contributed by atoms with van der Waals surface area (Å²) in [5.41, 5.74) is 1.59. The van der Waals surface area contributed by atoms with Crippen LogP contribution in [0.15, 0.2) is 24.3 Å². The summed E-state index contributed by atoms with van der Waals surface area (Å²) in [5, 5.41) is 14.9. The van der Waals surface area contributed by atoms with E-state index in [2.05, 4.69) is 10.3 Å². The van der Waals surface area contributed by atoms with Crippen LogP contribution >= 0.6 is 11.3 Å². The van der Waals surface area contributed by atoms with Crippen molar-refractivity contribution in [1.29, 1.82) is 0 Å². The maximum absolute atomic E-state index is 11.0. The zero-order valence-electron chi connectivity index (χ0n) is 11.0. The largest absolute Gasteiger partial charge is 0.312 e. The number of nitro groups is 1. The number of benzene rings is 1. The van der Waals surface area contributed by atoms with E-state index in [9.17, 15) is 10.1 Å². The van der Waals surface area contributed by atoms with E-state index in [4.69, 9.17) is 0 Å². The van der Waals surface area contributed by atoms with E-state index in [1.807, 2.05) is 20.9 Å². The second-order valence-electron chi connectivity index (χ2n) is 4.25. The molecule has 1 N–H and O–H groups in total. The third-order valence-electron chi connectivity index (χ3n) is 2.99. The van der Waals surface area contributed by atoms with Gasteiger partial charge in [0.25, 0.3) is 5.69 Å². The van der Waals surface area contributed by atoms with Crippen LogP contribution in [0.5, 0.6) is 0 Å². The molecule has 0 aliphatic rings. The van der Waals surface area contributed by atoms with Gasteiger partial charge in [-0.15, -0.1) is 11.3 Å². The minimum atomic E-state index is -0.368. The fourth-order valence-corrected chi connectivity index (χ4v) is 3.03. The molecule has 19 heavy (non-hydrogen) atoms. The number of aromatic nitrogens is 1. The Morgan fingerprint density at radius 3 is 2.74 bits per heavy atom. The van der Waals surface area contributed by atoms with Crippen LogP contribution in [-0.4, -0.2) is 17.0 Å². The fourth-order valence-electron chi connectivity index (χ4n) is 1.87. The number of hydrogen-bond acceptors (Lipinski definition) is 5. The first kappa shape index (κ1) is 13.6. The Morgan fingerprint density at radius 1 is 1.42 bits per heavy atom. The van der Waals surface area contributed by atoms with Gasteiger partial charge in [-0.1, -0.05) is 12.1 Å². The monoisotopic (exact) mass is 277 g/mol. The molecule has 6 heteroatoms. The predicted molar refractivity (Wildman–Crippen MR) is 76.4 cm³/mol. The molecule has 1 heterocycles. The SMILES string of the molecule is CNC(C)c1sc(-c2ccccc2[N+](=O)[O-])nc1C. The molecule has 0 fully saturated rings. The van der Waals surface area contributed by atoms with Crippen LogP contribution < -0.4 is 5.32 Å². The molecule has 2 rings (SSSR count). The first-order valence-electron chi connectivity index (χ1n) is 5.93. The molecular weight excluding hydrogens is 262 g/mol. The molecule has 0 amide bonds. The van der Waals surface area contributed by atoms with E-state index < -0.39 is 0 Å². The standard InChI is InChI=1S/C13H15N3O2S/c1-8(14-3)12-9(2)15-13(19-12)10-6-4-5-7-11(10)16(17)18/h4-8,14H,1-3H3. The van der Waals surface area contributed by atoms with Crippen molar-refractivity contribution in [3.8, 4) is 10.6 Å². The van der Waals surface area contributed by atoms with Crippen molar-refractivity contribution in [1.82, 2.24) is 10.3 Å². The molecule has 5 nitrogen and oxygen atoms in total. The molecule has 0 aliphatic heterocycles. The van der Waals surface area contributed by atoms with Gasteiger partial charge in [0.1, 0.15) is 5.01 Å². The van der Waals surface area contributed by atoms with Gasteiger partial charge in [0.2, 0.25) is 0 Å². The van der Waals surface area contributed by atoms with Crippen molar-refractivity contribution in [2.24, 2.45) is 0 Å². The highest BCUT2D eigenvalue weighted by atomic mass is 32.1. The maximum atomic E-state index is 11.0. The molecule has 0 radical (unpaired) electrons. The number of thiazole rings is 1. The minimum Gasteiger partial charge on any atom is -0.312 e. The highest BCUT2D eigenvalue weighted by Gasteiger charge is 2.20. The number of aryl methyl sites for hydroxylation is 1. The lowest BCUT2D eigenvalue weighted by Crippen LogP contribution is -2.11. The quantitative estimate of drug-likeness (QED) is 0.687. The van der Waals surface area contributed by atoms with Crippen LogP contribution in [0.3, 0.4) is 0 Å². The van der Waals surface area contributed by atoms with Crippen molar-refractivity contribution in [3.63, 3.8) is 0 Å². The molecule has 1 unspecified atom stereocenters. The lowest BCUT2D eigenvalue weighted by molar-refractivity contribution is -0.384. The van der Waals surface area contributed by atoms with Gasteiger partial charge in [0.05, 0.1) is 16.2 Å². The van der Waals surface area contributed by atoms with Crippen molar-refractivity contribution in [2.45, 2.75) is 19.9 Å². The molecule has 1 atom stereocenters. The summed E-state index contributed by atoms with van der Waals surface area (Å²) in [6, 6.07) is 6.89. The van der Waals surface area contributed by atoms with Crippen LogP contribution in [0.25, 0.3) is 10.6 Å². The second kappa shape index (κ2) is 5.46. The number of hydrogen-bond donors (Lipinski definition) is 1. The third kappa shape index (κ3) is 2.64. The molecular formula is C13H15N3O2S. The third-order valence-corrected chi connectivity index (χ3v) is 4.36. The first-order valence-corrected chi connectivity index (χ1v) is 6.74. The fraction of sp³-hybridized carbons (Fsp3) is 0.308. The summed E-state index contributed by atoms with van der Waals surface area (Å²) in [7, 11) is 1.88. The van der Waals surface area contributed by atoms with Crippen LogP contribution in [0, 0.1) is 17.0 Å². The Labute approximate surface area is 115 Å². The van der Waals surface area contributed by atoms with Crippen LogP contribution in [0.4, 0.5) is 5.69 Å². The van der Waals surface area contributed by atoms with E-state index in [-0.39, 0.29) is 16.7 Å². The topological polar surface area (TPSA) is 68.1 Å². The smallest absolute Gasteiger partial charge is 0.279 e. The molecule has 0 saturated carbocycles. The summed E-state index contributed by atoms with van der Waals surface area (Å²) in [5.74, 6) is 0. The molecule has 0 saturated heterocycles. The number of nitrogens with zero attached hydrogens (tertiary/aromatic N) is 2. The van der Waals surface area contributed by atoms with Crippen molar-refractivity contribution in [3.05, 3.63) is 45.0 Å². The summed E-state index contributed by atoms with van der Waals surface area (Å²) in [4.78, 5) is 16.3. The van der Waals surface area contributed by atoms with Crippen molar-refractivity contribution >= 4 is 17.0 Å². The van der Waals surface area contributed by atoms with E-state index in [0.717, 1.165) is 10.6 Å². The van der Waals surface area contributed by atoms with Gasteiger partial charge in [0, 0.05) is 17.0 Å². The lowest BCUT2D eigenvalue weighted by Gasteiger charge is -2.06. The molecule has 1 aromatic carbocycles. The van der Waals surface area contributed by atoms with Gasteiger partial charge in [-0.3, -0.25) is 10.1 Å². The average molecular weight is 277 g/mol. The Balaban J connectivity index is 2.51. The van der Waals surface area contributed by atoms with E-state index in [1.165, 1.54) is 17.4 Å². The second-order valence-corrected chi connectivity index (χ2v) is 5.28. The van der Waals surface area contributed by atoms with Crippen LogP contribution in [-0.2, 0) is 0 Å². The Kier molecular flexibility index (Phi) is 3.92. The molecule has 100 valence electrons. The number of rotatable bonds is 4. The Bertz CT molecular complexity index is 610. The first-order chi connectivity index (χ1) is 9.04. The predicted octanol–water partition coefficient (Wildman–Crippen LogP) is 3.31. The molecule has 2 aromatic rings. The molecule has 0 spiro atoms. The van der Waals surface area contributed by atoms with Gasteiger partial charge < -0.3 is 5.32 Å². The molecule has 0 aliphatic carbocycles. The van der Waals surface area contributed by atoms with Gasteiger partial charge in [-0.25, -0.2) is 4.98 Å². The van der Waals surface area contributed by atoms with Gasteiger partial charge in [-0.2, -0.15) is 0 Å². The van der Waals surface area contributed by atoms with Crippen LogP contribution in [0.2, 0.25) is 0 Å². The highest BCUT2D eigenvalue weighted by Crippen LogP contribution is 2.36. The maximum Gasteiger partial charge on any atom is 0.279 e. The summed E-state index contributed by atoms with van der Waals surface area (Å²) < 4.78 is 0. The summed E-state index contributed by atoms with van der Waals surface area (Å²) in [6.45, 7) is 3.97. The van der Waals surface area contributed by atoms with E-state index in [0.29, 0.717) is 10.6 Å². The summed E-state index contributed by atoms with van der Waals surface area (Å²) >= 11 is 1.50. The Hall–Kier alpha value is -1.79. The number of nitrogens with one attached hydrogen (secondary N) is 1.